The molecule has 0 amide bonds. The second kappa shape index (κ2) is 7.79. The van der Waals surface area contributed by atoms with Gasteiger partial charge in [-0.1, -0.05) is 48.0 Å². The van der Waals surface area contributed by atoms with Crippen LogP contribution in [0.5, 0.6) is 0 Å². The minimum absolute atomic E-state index is 0.0443. The summed E-state index contributed by atoms with van der Waals surface area (Å²) < 4.78 is 28.4. The summed E-state index contributed by atoms with van der Waals surface area (Å²) in [6.45, 7) is -0.172. The highest BCUT2D eigenvalue weighted by Gasteiger charge is 2.63. The molecular formula is C21H18ClNO5S2. The number of nitrogens with one attached hydrogen (secondary N) is 1. The van der Waals surface area contributed by atoms with E-state index >= 15 is 0 Å². The average Bonchev–Trinajstić information content (AvgIpc) is 3.22. The molecule has 0 saturated heterocycles. The van der Waals surface area contributed by atoms with Gasteiger partial charge in [-0.25, -0.2) is 8.42 Å². The van der Waals surface area contributed by atoms with Gasteiger partial charge in [0.25, 0.3) is 10.0 Å². The number of rotatable bonds is 7. The summed E-state index contributed by atoms with van der Waals surface area (Å²) in [5.74, 6) is -1.73. The van der Waals surface area contributed by atoms with Gasteiger partial charge < -0.3 is 10.2 Å². The zero-order valence-electron chi connectivity index (χ0n) is 15.6. The van der Waals surface area contributed by atoms with E-state index in [1.165, 1.54) is 6.07 Å². The van der Waals surface area contributed by atoms with E-state index in [1.807, 2.05) is 0 Å². The molecule has 1 heterocycles. The third kappa shape index (κ3) is 3.89. The molecule has 1 saturated carbocycles. The van der Waals surface area contributed by atoms with E-state index in [0.717, 1.165) is 21.8 Å². The molecule has 2 atom stereocenters. The molecule has 2 aromatic carbocycles. The highest BCUT2D eigenvalue weighted by atomic mass is 35.5. The molecule has 6 nitrogen and oxygen atoms in total. The van der Waals surface area contributed by atoms with E-state index in [1.54, 1.807) is 54.6 Å². The molecule has 0 radical (unpaired) electrons. The molecule has 0 bridgehead atoms. The molecule has 0 spiro atoms. The molecule has 3 N–H and O–H groups in total. The molecule has 0 aliphatic heterocycles. The molecule has 1 aliphatic rings. The third-order valence-electron chi connectivity index (χ3n) is 5.17. The van der Waals surface area contributed by atoms with E-state index in [-0.39, 0.29) is 17.2 Å². The first-order valence-corrected chi connectivity index (χ1v) is 11.8. The second-order valence-corrected chi connectivity index (χ2v) is 10.6. The van der Waals surface area contributed by atoms with Crippen molar-refractivity contribution in [2.75, 3.05) is 0 Å². The van der Waals surface area contributed by atoms with Gasteiger partial charge in [0.05, 0.1) is 6.61 Å². The summed E-state index contributed by atoms with van der Waals surface area (Å²) in [4.78, 5) is 12.7. The highest BCUT2D eigenvalue weighted by Crippen LogP contribution is 2.52. The quantitative estimate of drug-likeness (QED) is 0.493. The topological polar surface area (TPSA) is 104 Å². The van der Waals surface area contributed by atoms with Crippen molar-refractivity contribution in [1.82, 2.24) is 4.72 Å². The van der Waals surface area contributed by atoms with E-state index in [2.05, 4.69) is 4.72 Å². The maximum absolute atomic E-state index is 13.0. The number of aliphatic carboxylic acids is 1. The zero-order chi connectivity index (χ0) is 21.5. The molecule has 156 valence electrons. The number of sulfonamides is 1. The van der Waals surface area contributed by atoms with Crippen LogP contribution < -0.4 is 4.72 Å². The number of aliphatic hydroxyl groups is 1. The molecule has 30 heavy (non-hydrogen) atoms. The Balaban J connectivity index is 1.60. The average molecular weight is 464 g/mol. The zero-order valence-corrected chi connectivity index (χ0v) is 18.0. The Kier molecular flexibility index (Phi) is 5.46. The van der Waals surface area contributed by atoms with Crippen LogP contribution >= 0.6 is 22.9 Å². The van der Waals surface area contributed by atoms with Crippen molar-refractivity contribution in [3.8, 4) is 10.4 Å². The van der Waals surface area contributed by atoms with Crippen LogP contribution in [0.2, 0.25) is 5.02 Å². The van der Waals surface area contributed by atoms with Gasteiger partial charge in [0, 0.05) is 15.8 Å². The van der Waals surface area contributed by atoms with Gasteiger partial charge in [0.15, 0.2) is 0 Å². The molecular weight excluding hydrogens is 446 g/mol. The number of aliphatic hydroxyl groups excluding tert-OH is 1. The number of carboxylic acid groups (broad SMARTS) is 1. The predicted octanol–water partition coefficient (Wildman–Crippen LogP) is 3.85. The fourth-order valence-corrected chi connectivity index (χ4v) is 6.33. The Morgan fingerprint density at radius 1 is 1.17 bits per heavy atom. The molecule has 3 aromatic rings. The lowest BCUT2D eigenvalue weighted by Crippen LogP contribution is -2.44. The number of carbonyl (C=O) groups is 1. The van der Waals surface area contributed by atoms with Crippen LogP contribution in [0.25, 0.3) is 10.4 Å². The van der Waals surface area contributed by atoms with Crippen molar-refractivity contribution in [3.63, 3.8) is 0 Å². The van der Waals surface area contributed by atoms with Crippen LogP contribution in [0, 0.1) is 0 Å². The van der Waals surface area contributed by atoms with Crippen molar-refractivity contribution < 1.29 is 23.4 Å². The first kappa shape index (κ1) is 21.0. The fraction of sp³-hybridized carbons (Fsp3) is 0.190. The number of benzene rings is 2. The van der Waals surface area contributed by atoms with Crippen LogP contribution in [-0.4, -0.2) is 30.1 Å². The van der Waals surface area contributed by atoms with Gasteiger partial charge in [-0.15, -0.1) is 11.3 Å². The van der Waals surface area contributed by atoms with Crippen LogP contribution in [0.3, 0.4) is 0 Å². The Morgan fingerprint density at radius 2 is 1.90 bits per heavy atom. The molecule has 4 rings (SSSR count). The molecule has 1 aromatic heterocycles. The van der Waals surface area contributed by atoms with Crippen molar-refractivity contribution in [1.29, 1.82) is 0 Å². The van der Waals surface area contributed by atoms with E-state index < -0.39 is 27.4 Å². The summed E-state index contributed by atoms with van der Waals surface area (Å²) in [7, 11) is -4.04. The van der Waals surface area contributed by atoms with Crippen LogP contribution in [0.4, 0.5) is 0 Å². The van der Waals surface area contributed by atoms with E-state index in [4.69, 9.17) is 11.6 Å². The van der Waals surface area contributed by atoms with Gasteiger partial charge >= 0.3 is 5.97 Å². The first-order chi connectivity index (χ1) is 14.2. The van der Waals surface area contributed by atoms with Gasteiger partial charge in [0.1, 0.15) is 9.75 Å². The van der Waals surface area contributed by atoms with Crippen molar-refractivity contribution in [3.05, 3.63) is 76.8 Å². The summed E-state index contributed by atoms with van der Waals surface area (Å²) in [6.07, 6.45) is 0.145. The Hall–Kier alpha value is -2.23. The smallest absolute Gasteiger partial charge is 0.325 e. The van der Waals surface area contributed by atoms with Gasteiger partial charge in [-0.3, -0.25) is 4.79 Å². The summed E-state index contributed by atoms with van der Waals surface area (Å²) in [5, 5.41) is 19.7. The molecule has 9 heteroatoms. The lowest BCUT2D eigenvalue weighted by Gasteiger charge is -2.15. The predicted molar refractivity (Wildman–Crippen MR) is 115 cm³/mol. The van der Waals surface area contributed by atoms with Crippen molar-refractivity contribution >= 4 is 38.9 Å². The Morgan fingerprint density at radius 3 is 2.57 bits per heavy atom. The second-order valence-electron chi connectivity index (χ2n) is 7.17. The van der Waals surface area contributed by atoms with Crippen LogP contribution in [0.15, 0.2) is 64.9 Å². The minimum Gasteiger partial charge on any atom is -0.480 e. The Bertz CT molecular complexity index is 1210. The number of hydrogen-bond donors (Lipinski definition) is 3. The standard InChI is InChI=1S/C21H18ClNO5S2/c22-16-6-4-14(5-7-16)18-8-9-19(29-18)30(27,28)23-21(20(25)26)11-17(21)15-3-1-2-13(10-15)12-24/h1-10,17,23-24H,11-12H2,(H,25,26). The fourth-order valence-electron chi connectivity index (χ4n) is 3.49. The molecule has 1 fully saturated rings. The van der Waals surface area contributed by atoms with E-state index in [9.17, 15) is 23.4 Å². The number of hydrogen-bond acceptors (Lipinski definition) is 5. The minimum atomic E-state index is -4.04. The summed E-state index contributed by atoms with van der Waals surface area (Å²) in [5.41, 5.74) is 0.549. The maximum Gasteiger partial charge on any atom is 0.325 e. The van der Waals surface area contributed by atoms with Crippen LogP contribution in [-0.2, 0) is 21.4 Å². The first-order valence-electron chi connectivity index (χ1n) is 9.08. The van der Waals surface area contributed by atoms with Crippen LogP contribution in [0.1, 0.15) is 23.5 Å². The largest absolute Gasteiger partial charge is 0.480 e. The number of thiophene rings is 1. The normalized spacial score (nSPS) is 20.8. The number of halogens is 1. The number of carboxylic acids is 1. The third-order valence-corrected chi connectivity index (χ3v) is 8.56. The maximum atomic E-state index is 13.0. The van der Waals surface area contributed by atoms with Gasteiger partial charge in [-0.05, 0) is 47.4 Å². The monoisotopic (exact) mass is 463 g/mol. The highest BCUT2D eigenvalue weighted by molar-refractivity contribution is 7.91. The SMILES string of the molecule is O=C(O)C1(NS(=O)(=O)c2ccc(-c3ccc(Cl)cc3)s2)CC1c1cccc(CO)c1. The van der Waals surface area contributed by atoms with E-state index in [0.29, 0.717) is 16.1 Å². The lowest BCUT2D eigenvalue weighted by molar-refractivity contribution is -0.140. The lowest BCUT2D eigenvalue weighted by atomic mass is 10.0. The summed E-state index contributed by atoms with van der Waals surface area (Å²) in [6, 6.07) is 17.1. The molecule has 1 aliphatic carbocycles. The molecule has 2 unspecified atom stereocenters. The van der Waals surface area contributed by atoms with Gasteiger partial charge in [-0.2, -0.15) is 4.72 Å². The van der Waals surface area contributed by atoms with Crippen molar-refractivity contribution in [2.24, 2.45) is 0 Å². The Labute approximate surface area is 182 Å². The van der Waals surface area contributed by atoms with Crippen molar-refractivity contribution in [2.45, 2.75) is 28.7 Å². The van der Waals surface area contributed by atoms with Gasteiger partial charge in [0.2, 0.25) is 0 Å². The summed E-state index contributed by atoms with van der Waals surface area (Å²) >= 11 is 6.96.